The minimum absolute atomic E-state index is 0.243. The van der Waals surface area contributed by atoms with Gasteiger partial charge in [-0.05, 0) is 49.6 Å². The minimum atomic E-state index is -0.243. The van der Waals surface area contributed by atoms with E-state index in [4.69, 9.17) is 4.74 Å². The molecular weight excluding hydrogens is 314 g/mol. The van der Waals surface area contributed by atoms with Crippen LogP contribution in [0.2, 0.25) is 0 Å². The van der Waals surface area contributed by atoms with Gasteiger partial charge in [-0.2, -0.15) is 0 Å². The van der Waals surface area contributed by atoms with E-state index in [2.05, 4.69) is 29.0 Å². The van der Waals surface area contributed by atoms with E-state index in [9.17, 15) is 4.79 Å². The number of pyridine rings is 1. The summed E-state index contributed by atoms with van der Waals surface area (Å²) < 4.78 is 5.30. The number of amides is 1. The lowest BCUT2D eigenvalue weighted by molar-refractivity contribution is 0.102. The van der Waals surface area contributed by atoms with Crippen LogP contribution in [0.4, 0.5) is 11.4 Å². The molecule has 1 heterocycles. The van der Waals surface area contributed by atoms with E-state index < -0.39 is 0 Å². The number of methoxy groups -OCH3 is 1. The highest BCUT2D eigenvalue weighted by molar-refractivity contribution is 6.03. The van der Waals surface area contributed by atoms with Crippen molar-refractivity contribution in [3.8, 4) is 5.75 Å². The van der Waals surface area contributed by atoms with Crippen molar-refractivity contribution in [2.75, 3.05) is 30.4 Å². The van der Waals surface area contributed by atoms with E-state index in [-0.39, 0.29) is 5.91 Å². The number of rotatable bonds is 8. The Kier molecular flexibility index (Phi) is 6.81. The fourth-order valence-electron chi connectivity index (χ4n) is 2.72. The van der Waals surface area contributed by atoms with Crippen LogP contribution in [-0.2, 0) is 0 Å². The third kappa shape index (κ3) is 4.95. The summed E-state index contributed by atoms with van der Waals surface area (Å²) in [5.74, 6) is 0.389. The minimum Gasteiger partial charge on any atom is -0.495 e. The molecule has 1 aromatic heterocycles. The summed E-state index contributed by atoms with van der Waals surface area (Å²) in [5, 5.41) is 2.88. The van der Waals surface area contributed by atoms with Crippen LogP contribution in [0.15, 0.2) is 36.5 Å². The number of benzene rings is 1. The lowest BCUT2D eigenvalue weighted by Crippen LogP contribution is -2.25. The summed E-state index contributed by atoms with van der Waals surface area (Å²) in [7, 11) is 1.59. The molecule has 134 valence electrons. The van der Waals surface area contributed by atoms with Gasteiger partial charge in [-0.25, -0.2) is 4.98 Å². The van der Waals surface area contributed by atoms with E-state index in [1.165, 1.54) is 0 Å². The number of aromatic nitrogens is 1. The van der Waals surface area contributed by atoms with Crippen molar-refractivity contribution in [2.24, 2.45) is 0 Å². The quantitative estimate of drug-likeness (QED) is 0.779. The number of nitrogens with zero attached hydrogens (tertiary/aromatic N) is 2. The molecule has 0 unspecified atom stereocenters. The summed E-state index contributed by atoms with van der Waals surface area (Å²) in [6.07, 6.45) is 3.93. The van der Waals surface area contributed by atoms with Gasteiger partial charge in [0.1, 0.15) is 11.4 Å². The highest BCUT2D eigenvalue weighted by atomic mass is 16.5. The van der Waals surface area contributed by atoms with E-state index in [0.717, 1.165) is 37.2 Å². The second-order valence-corrected chi connectivity index (χ2v) is 6.05. The molecule has 0 fully saturated rings. The number of anilines is 2. The third-order valence-corrected chi connectivity index (χ3v) is 3.94. The Morgan fingerprint density at radius 3 is 2.44 bits per heavy atom. The van der Waals surface area contributed by atoms with Gasteiger partial charge in [-0.3, -0.25) is 4.79 Å². The predicted molar refractivity (Wildman–Crippen MR) is 103 cm³/mol. The monoisotopic (exact) mass is 341 g/mol. The van der Waals surface area contributed by atoms with Gasteiger partial charge in [0, 0.05) is 13.1 Å². The fraction of sp³-hybridized carbons (Fsp3) is 0.400. The number of hydrogen-bond acceptors (Lipinski definition) is 4. The molecule has 25 heavy (non-hydrogen) atoms. The second kappa shape index (κ2) is 9.06. The lowest BCUT2D eigenvalue weighted by atomic mass is 10.2. The predicted octanol–water partition coefficient (Wildman–Crippen LogP) is 4.28. The molecule has 0 saturated heterocycles. The number of hydrogen-bond donors (Lipinski definition) is 1. The van der Waals surface area contributed by atoms with Crippen molar-refractivity contribution in [3.05, 3.63) is 47.8 Å². The van der Waals surface area contributed by atoms with Crippen LogP contribution in [0.1, 0.15) is 42.7 Å². The Hall–Kier alpha value is -2.56. The molecule has 2 rings (SSSR count). The van der Waals surface area contributed by atoms with Crippen molar-refractivity contribution in [1.29, 1.82) is 0 Å². The van der Waals surface area contributed by atoms with Gasteiger partial charge in [-0.15, -0.1) is 0 Å². The molecule has 0 aliphatic rings. The van der Waals surface area contributed by atoms with E-state index in [0.29, 0.717) is 17.1 Å². The molecule has 2 aromatic rings. The Bertz CT molecular complexity index is 693. The summed E-state index contributed by atoms with van der Waals surface area (Å²) in [5.41, 5.74) is 3.14. The molecule has 0 aliphatic heterocycles. The van der Waals surface area contributed by atoms with Crippen molar-refractivity contribution in [3.63, 3.8) is 0 Å². The van der Waals surface area contributed by atoms with E-state index >= 15 is 0 Å². The summed E-state index contributed by atoms with van der Waals surface area (Å²) in [6, 6.07) is 9.40. The molecule has 1 aromatic carbocycles. The highest BCUT2D eigenvalue weighted by Crippen LogP contribution is 2.25. The molecule has 5 heteroatoms. The summed E-state index contributed by atoms with van der Waals surface area (Å²) >= 11 is 0. The largest absolute Gasteiger partial charge is 0.495 e. The summed E-state index contributed by atoms with van der Waals surface area (Å²) in [6.45, 7) is 8.27. The molecule has 1 N–H and O–H groups in total. The van der Waals surface area contributed by atoms with Gasteiger partial charge in [0.2, 0.25) is 0 Å². The highest BCUT2D eigenvalue weighted by Gasteiger charge is 2.12. The van der Waals surface area contributed by atoms with Crippen LogP contribution in [-0.4, -0.2) is 31.1 Å². The van der Waals surface area contributed by atoms with Crippen molar-refractivity contribution in [2.45, 2.75) is 33.6 Å². The van der Waals surface area contributed by atoms with Crippen molar-refractivity contribution >= 4 is 17.3 Å². The normalized spacial score (nSPS) is 10.4. The number of carbonyl (C=O) groups is 1. The second-order valence-electron chi connectivity index (χ2n) is 6.05. The first-order chi connectivity index (χ1) is 12.1. The van der Waals surface area contributed by atoms with Gasteiger partial charge >= 0.3 is 0 Å². The van der Waals surface area contributed by atoms with E-state index in [1.54, 1.807) is 19.4 Å². The Morgan fingerprint density at radius 1 is 1.16 bits per heavy atom. The lowest BCUT2D eigenvalue weighted by Gasteiger charge is -2.23. The maximum atomic E-state index is 12.5. The molecule has 1 amide bonds. The molecular formula is C20H27N3O2. The van der Waals surface area contributed by atoms with Crippen LogP contribution in [0.25, 0.3) is 0 Å². The van der Waals surface area contributed by atoms with Crippen LogP contribution in [0, 0.1) is 6.92 Å². The third-order valence-electron chi connectivity index (χ3n) is 3.94. The average molecular weight is 341 g/mol. The van der Waals surface area contributed by atoms with Gasteiger partial charge in [0.05, 0.1) is 24.7 Å². The van der Waals surface area contributed by atoms with Crippen LogP contribution in [0.5, 0.6) is 5.75 Å². The standard InChI is InChI=1S/C20H27N3O2/c1-5-11-23(12-6-2)16-8-9-17(21-14-16)20(24)22-18-13-15(3)7-10-19(18)25-4/h7-10,13-14H,5-6,11-12H2,1-4H3,(H,22,24). The smallest absolute Gasteiger partial charge is 0.274 e. The number of nitrogens with one attached hydrogen (secondary N) is 1. The number of aryl methyl sites for hydroxylation is 1. The molecule has 5 nitrogen and oxygen atoms in total. The maximum absolute atomic E-state index is 12.5. The maximum Gasteiger partial charge on any atom is 0.274 e. The zero-order chi connectivity index (χ0) is 18.2. The van der Waals surface area contributed by atoms with Gasteiger partial charge < -0.3 is 15.0 Å². The summed E-state index contributed by atoms with van der Waals surface area (Å²) in [4.78, 5) is 19.1. The van der Waals surface area contributed by atoms with Crippen molar-refractivity contribution < 1.29 is 9.53 Å². The first-order valence-electron chi connectivity index (χ1n) is 8.76. The van der Waals surface area contributed by atoms with Crippen LogP contribution < -0.4 is 15.0 Å². The van der Waals surface area contributed by atoms with Gasteiger partial charge in [0.25, 0.3) is 5.91 Å². The fourth-order valence-corrected chi connectivity index (χ4v) is 2.72. The zero-order valence-electron chi connectivity index (χ0n) is 15.5. The first-order valence-corrected chi connectivity index (χ1v) is 8.76. The van der Waals surface area contributed by atoms with Gasteiger partial charge in [-0.1, -0.05) is 19.9 Å². The first kappa shape index (κ1) is 18.8. The molecule has 0 saturated carbocycles. The SMILES string of the molecule is CCCN(CCC)c1ccc(C(=O)Nc2cc(C)ccc2OC)nc1. The molecule has 0 spiro atoms. The van der Waals surface area contributed by atoms with Crippen LogP contribution in [0.3, 0.4) is 0 Å². The van der Waals surface area contributed by atoms with Gasteiger partial charge in [0.15, 0.2) is 0 Å². The Labute approximate surface area is 150 Å². The van der Waals surface area contributed by atoms with Crippen LogP contribution >= 0.6 is 0 Å². The number of ether oxygens (including phenoxy) is 1. The zero-order valence-corrected chi connectivity index (χ0v) is 15.5. The topological polar surface area (TPSA) is 54.5 Å². The Balaban J connectivity index is 2.14. The number of carbonyl (C=O) groups excluding carboxylic acids is 1. The molecule has 0 atom stereocenters. The molecule has 0 radical (unpaired) electrons. The average Bonchev–Trinajstić information content (AvgIpc) is 2.62. The molecule has 0 aliphatic carbocycles. The van der Waals surface area contributed by atoms with Crippen molar-refractivity contribution in [1.82, 2.24) is 4.98 Å². The Morgan fingerprint density at radius 2 is 1.88 bits per heavy atom. The molecule has 0 bridgehead atoms. The van der Waals surface area contributed by atoms with E-state index in [1.807, 2.05) is 31.2 Å².